The molecule has 23 heavy (non-hydrogen) atoms. The maximum atomic E-state index is 11.8. The van der Waals surface area contributed by atoms with E-state index in [9.17, 15) is 18.0 Å². The molecule has 0 bridgehead atoms. The third kappa shape index (κ3) is 8.32. The number of carbonyl (C=O) groups is 2. The molecule has 7 nitrogen and oxygen atoms in total. The Morgan fingerprint density at radius 3 is 2.48 bits per heavy atom. The lowest BCUT2D eigenvalue weighted by atomic mass is 10.1. The maximum absolute atomic E-state index is 11.8. The highest BCUT2D eigenvalue weighted by molar-refractivity contribution is 7.85. The Labute approximate surface area is 135 Å². The van der Waals surface area contributed by atoms with Crippen LogP contribution in [0.15, 0.2) is 30.3 Å². The van der Waals surface area contributed by atoms with Crippen LogP contribution in [0.3, 0.4) is 0 Å². The maximum Gasteiger partial charge on any atom is 0.329 e. The van der Waals surface area contributed by atoms with Crippen LogP contribution in [0, 0.1) is 0 Å². The Morgan fingerprint density at radius 2 is 1.91 bits per heavy atom. The van der Waals surface area contributed by atoms with Crippen molar-refractivity contribution in [3.05, 3.63) is 35.9 Å². The third-order valence-corrected chi connectivity index (χ3v) is 3.75. The van der Waals surface area contributed by atoms with Crippen LogP contribution in [0.5, 0.6) is 0 Å². The van der Waals surface area contributed by atoms with Crippen molar-refractivity contribution in [2.24, 2.45) is 0 Å². The van der Waals surface area contributed by atoms with Gasteiger partial charge in [0, 0.05) is 6.42 Å². The molecule has 1 atom stereocenters. The van der Waals surface area contributed by atoms with Gasteiger partial charge in [-0.15, -0.1) is 0 Å². The Hall–Kier alpha value is -1.93. The molecule has 0 fully saturated rings. The summed E-state index contributed by atoms with van der Waals surface area (Å²) >= 11 is 0. The molecule has 0 heterocycles. The summed E-state index contributed by atoms with van der Waals surface area (Å²) in [5.74, 6) is -2.26. The van der Waals surface area contributed by atoms with E-state index in [1.54, 1.807) is 6.92 Å². The highest BCUT2D eigenvalue weighted by Gasteiger charge is 2.27. The number of aryl methyl sites for hydroxylation is 1. The van der Waals surface area contributed by atoms with Gasteiger partial charge in [0.25, 0.3) is 10.1 Å². The fourth-order valence-electron chi connectivity index (χ4n) is 1.99. The lowest BCUT2D eigenvalue weighted by Crippen LogP contribution is -2.46. The van der Waals surface area contributed by atoms with Crippen molar-refractivity contribution in [2.45, 2.75) is 32.2 Å². The van der Waals surface area contributed by atoms with Crippen molar-refractivity contribution < 1.29 is 27.3 Å². The summed E-state index contributed by atoms with van der Waals surface area (Å²) < 4.78 is 35.4. The van der Waals surface area contributed by atoms with Crippen molar-refractivity contribution in [2.75, 3.05) is 12.4 Å². The summed E-state index contributed by atoms with van der Waals surface area (Å²) in [7, 11) is -4.41. The fourth-order valence-corrected chi connectivity index (χ4v) is 2.63. The number of rotatable bonds is 9. The first kappa shape index (κ1) is 19.1. The van der Waals surface area contributed by atoms with E-state index in [0.717, 1.165) is 5.56 Å². The van der Waals surface area contributed by atoms with Crippen LogP contribution in [-0.4, -0.2) is 43.2 Å². The number of nitrogens with one attached hydrogen (secondary N) is 1. The Balaban J connectivity index is 2.50. The minimum absolute atomic E-state index is 0.0463. The minimum atomic E-state index is -4.41. The second-order valence-corrected chi connectivity index (χ2v) is 6.46. The van der Waals surface area contributed by atoms with E-state index in [1.165, 1.54) is 0 Å². The molecule has 1 aromatic carbocycles. The monoisotopic (exact) mass is 343 g/mol. The van der Waals surface area contributed by atoms with Gasteiger partial charge in [-0.3, -0.25) is 9.35 Å². The highest BCUT2D eigenvalue weighted by Crippen LogP contribution is 2.05. The van der Waals surface area contributed by atoms with Crippen LogP contribution in [0.1, 0.15) is 25.3 Å². The molecule has 0 spiro atoms. The van der Waals surface area contributed by atoms with E-state index in [4.69, 9.17) is 9.29 Å². The van der Waals surface area contributed by atoms with Crippen molar-refractivity contribution in [1.82, 2.24) is 5.32 Å². The standard InChI is InChI=1S/C15H21NO6S/c1-2-22-15(18)13(11-23(19,20)21)16-14(17)10-6-9-12-7-4-3-5-8-12/h3-5,7-8,13H,2,6,9-11H2,1H3,(H,16,17)(H,19,20,21)/t13-/m0/s1. The van der Waals surface area contributed by atoms with Gasteiger partial charge < -0.3 is 10.1 Å². The second kappa shape index (κ2) is 9.26. The van der Waals surface area contributed by atoms with Gasteiger partial charge in [0.1, 0.15) is 11.8 Å². The summed E-state index contributed by atoms with van der Waals surface area (Å²) in [5.41, 5.74) is 1.08. The van der Waals surface area contributed by atoms with Crippen LogP contribution in [-0.2, 0) is 30.9 Å². The van der Waals surface area contributed by atoms with E-state index >= 15 is 0 Å². The van der Waals surface area contributed by atoms with Gasteiger partial charge in [0.05, 0.1) is 6.61 Å². The number of hydrogen-bond acceptors (Lipinski definition) is 5. The second-order valence-electron chi connectivity index (χ2n) is 4.96. The summed E-state index contributed by atoms with van der Waals surface area (Å²) in [5, 5.41) is 2.29. The van der Waals surface area contributed by atoms with Gasteiger partial charge in [0.15, 0.2) is 0 Å². The zero-order valence-electron chi connectivity index (χ0n) is 12.9. The minimum Gasteiger partial charge on any atom is -0.464 e. The molecule has 0 radical (unpaired) electrons. The molecule has 0 saturated carbocycles. The number of hydrogen-bond donors (Lipinski definition) is 2. The highest BCUT2D eigenvalue weighted by atomic mass is 32.2. The van der Waals surface area contributed by atoms with E-state index in [-0.39, 0.29) is 13.0 Å². The molecule has 0 aliphatic carbocycles. The molecule has 0 saturated heterocycles. The predicted molar refractivity (Wildman–Crippen MR) is 84.4 cm³/mol. The zero-order chi connectivity index (χ0) is 17.3. The Bertz CT molecular complexity index is 614. The quantitative estimate of drug-likeness (QED) is 0.510. The fraction of sp³-hybridized carbons (Fsp3) is 0.467. The van der Waals surface area contributed by atoms with Crippen LogP contribution in [0.25, 0.3) is 0 Å². The number of esters is 1. The lowest BCUT2D eigenvalue weighted by molar-refractivity contribution is -0.146. The first-order valence-corrected chi connectivity index (χ1v) is 8.88. The summed E-state index contributed by atoms with van der Waals surface area (Å²) in [6.45, 7) is 1.61. The molecule has 1 aromatic rings. The molecule has 1 rings (SSSR count). The Kier molecular flexibility index (Phi) is 7.70. The van der Waals surface area contributed by atoms with E-state index < -0.39 is 33.8 Å². The summed E-state index contributed by atoms with van der Waals surface area (Å²) in [6, 6.07) is 8.18. The smallest absolute Gasteiger partial charge is 0.329 e. The molecule has 1 amide bonds. The van der Waals surface area contributed by atoms with Crippen LogP contribution in [0.4, 0.5) is 0 Å². The molecular formula is C15H21NO6S. The van der Waals surface area contributed by atoms with E-state index in [2.05, 4.69) is 5.32 Å². The van der Waals surface area contributed by atoms with Gasteiger partial charge in [-0.05, 0) is 25.3 Å². The predicted octanol–water partition coefficient (Wildman–Crippen LogP) is 0.945. The van der Waals surface area contributed by atoms with E-state index in [1.807, 2.05) is 30.3 Å². The normalized spacial score (nSPS) is 12.4. The molecule has 0 aliphatic heterocycles. The van der Waals surface area contributed by atoms with Crippen molar-refractivity contribution in [3.8, 4) is 0 Å². The largest absolute Gasteiger partial charge is 0.464 e. The molecule has 0 aromatic heterocycles. The first-order chi connectivity index (χ1) is 10.8. The van der Waals surface area contributed by atoms with Gasteiger partial charge in [-0.2, -0.15) is 8.42 Å². The molecule has 0 aliphatic rings. The SMILES string of the molecule is CCOC(=O)[C@H](CS(=O)(=O)O)NC(=O)CCCc1ccccc1. The Morgan fingerprint density at radius 1 is 1.26 bits per heavy atom. The topological polar surface area (TPSA) is 110 Å². The number of amides is 1. The summed E-state index contributed by atoms with van der Waals surface area (Å²) in [6.07, 6.45) is 1.38. The van der Waals surface area contributed by atoms with E-state index in [0.29, 0.717) is 12.8 Å². The van der Waals surface area contributed by atoms with Gasteiger partial charge in [-0.1, -0.05) is 30.3 Å². The molecule has 2 N–H and O–H groups in total. The van der Waals surface area contributed by atoms with Crippen LogP contribution in [0.2, 0.25) is 0 Å². The van der Waals surface area contributed by atoms with Crippen molar-refractivity contribution in [1.29, 1.82) is 0 Å². The van der Waals surface area contributed by atoms with Crippen molar-refractivity contribution in [3.63, 3.8) is 0 Å². The molecule has 8 heteroatoms. The average molecular weight is 343 g/mol. The number of ether oxygens (including phenoxy) is 1. The first-order valence-electron chi connectivity index (χ1n) is 7.27. The average Bonchev–Trinajstić information content (AvgIpc) is 2.46. The lowest BCUT2D eigenvalue weighted by Gasteiger charge is -2.15. The van der Waals surface area contributed by atoms with Gasteiger partial charge >= 0.3 is 5.97 Å². The summed E-state index contributed by atoms with van der Waals surface area (Å²) in [4.78, 5) is 23.5. The van der Waals surface area contributed by atoms with Crippen LogP contribution >= 0.6 is 0 Å². The molecular weight excluding hydrogens is 322 g/mol. The van der Waals surface area contributed by atoms with Gasteiger partial charge in [0.2, 0.25) is 5.91 Å². The van der Waals surface area contributed by atoms with Crippen molar-refractivity contribution >= 4 is 22.0 Å². The third-order valence-electron chi connectivity index (χ3n) is 3.00. The van der Waals surface area contributed by atoms with Crippen LogP contribution < -0.4 is 5.32 Å². The zero-order valence-corrected chi connectivity index (χ0v) is 13.7. The molecule has 0 unspecified atom stereocenters. The molecule has 128 valence electrons. The van der Waals surface area contributed by atoms with Gasteiger partial charge in [-0.25, -0.2) is 4.79 Å². The number of benzene rings is 1. The number of carbonyl (C=O) groups excluding carboxylic acids is 2.